The number of hydrogen-bond acceptors (Lipinski definition) is 3. The molecule has 18 heavy (non-hydrogen) atoms. The topological polar surface area (TPSA) is 31.0 Å². The van der Waals surface area contributed by atoms with Gasteiger partial charge in [-0.25, -0.2) is 0 Å². The lowest BCUT2D eigenvalue weighted by atomic mass is 10.4. The van der Waals surface area contributed by atoms with Crippen molar-refractivity contribution in [2.75, 3.05) is 26.9 Å². The van der Waals surface area contributed by atoms with E-state index in [1.807, 2.05) is 13.2 Å². The van der Waals surface area contributed by atoms with Crippen LogP contribution in [0.1, 0.15) is 6.42 Å². The molecule has 100 valence electrons. The average Bonchev–Trinajstić information content (AvgIpc) is 3.23. The quantitative estimate of drug-likeness (QED) is 0.409. The highest BCUT2D eigenvalue weighted by Crippen LogP contribution is 2.14. The van der Waals surface area contributed by atoms with E-state index in [9.17, 15) is 0 Å². The molecule has 1 aromatic carbocycles. The van der Waals surface area contributed by atoms with Gasteiger partial charge in [0.2, 0.25) is 8.32 Å². The molecule has 0 amide bonds. The molecule has 3 nitrogen and oxygen atoms in total. The molecule has 0 spiro atoms. The molecule has 0 saturated carbocycles. The van der Waals surface area contributed by atoms with Gasteiger partial charge in [0, 0.05) is 13.7 Å². The van der Waals surface area contributed by atoms with E-state index >= 15 is 0 Å². The molecule has 2 rings (SSSR count). The Morgan fingerprint density at radius 3 is 2.67 bits per heavy atom. The predicted octanol–water partition coefficient (Wildman–Crippen LogP) is 1.92. The zero-order valence-corrected chi connectivity index (χ0v) is 12.2. The van der Waals surface area contributed by atoms with Gasteiger partial charge in [0.1, 0.15) is 6.10 Å². The Morgan fingerprint density at radius 2 is 2.06 bits per heavy atom. The van der Waals surface area contributed by atoms with Gasteiger partial charge in [-0.1, -0.05) is 30.3 Å². The maximum absolute atomic E-state index is 5.82. The number of benzene rings is 1. The van der Waals surface area contributed by atoms with E-state index in [0.717, 1.165) is 32.3 Å². The van der Waals surface area contributed by atoms with Crippen molar-refractivity contribution in [2.45, 2.75) is 25.1 Å². The van der Waals surface area contributed by atoms with E-state index < -0.39 is 8.32 Å². The Labute approximate surface area is 110 Å². The Balaban J connectivity index is 1.76. The first-order chi connectivity index (χ1) is 8.74. The van der Waals surface area contributed by atoms with Crippen LogP contribution in [0.25, 0.3) is 0 Å². The molecule has 0 radical (unpaired) electrons. The van der Waals surface area contributed by atoms with Crippen LogP contribution < -0.4 is 5.19 Å². The van der Waals surface area contributed by atoms with Gasteiger partial charge in [-0.2, -0.15) is 0 Å². The van der Waals surface area contributed by atoms with Gasteiger partial charge in [-0.05, 0) is 24.2 Å². The summed E-state index contributed by atoms with van der Waals surface area (Å²) in [5.41, 5.74) is 0. The third kappa shape index (κ3) is 3.92. The number of epoxide rings is 1. The molecule has 4 heteroatoms. The fourth-order valence-corrected chi connectivity index (χ4v) is 4.49. The second-order valence-electron chi connectivity index (χ2n) is 4.93. The van der Waals surface area contributed by atoms with E-state index in [4.69, 9.17) is 13.9 Å². The fourth-order valence-electron chi connectivity index (χ4n) is 2.05. The maximum Gasteiger partial charge on any atom is 0.220 e. The van der Waals surface area contributed by atoms with Crippen molar-refractivity contribution in [1.82, 2.24) is 0 Å². The molecule has 2 atom stereocenters. The summed E-state index contributed by atoms with van der Waals surface area (Å²) in [5, 5.41) is 1.36. The standard InChI is InChI=1S/C14H22O3Si/c1-15-18(2,14-7-4-3-5-8-14)10-6-9-16-11-13-12-17-13/h3-5,7-8,13H,6,9-12H2,1-2H3. The molecule has 1 saturated heterocycles. The summed E-state index contributed by atoms with van der Waals surface area (Å²) < 4.78 is 16.5. The third-order valence-electron chi connectivity index (χ3n) is 3.48. The molecule has 0 N–H and O–H groups in total. The van der Waals surface area contributed by atoms with Crippen molar-refractivity contribution < 1.29 is 13.9 Å². The molecular formula is C14H22O3Si. The van der Waals surface area contributed by atoms with Gasteiger partial charge in [0.15, 0.2) is 0 Å². The highest BCUT2D eigenvalue weighted by molar-refractivity contribution is 6.85. The van der Waals surface area contributed by atoms with Crippen molar-refractivity contribution in [3.05, 3.63) is 30.3 Å². The van der Waals surface area contributed by atoms with E-state index in [1.165, 1.54) is 5.19 Å². The minimum Gasteiger partial charge on any atom is -0.416 e. The van der Waals surface area contributed by atoms with E-state index in [-0.39, 0.29) is 0 Å². The average molecular weight is 266 g/mol. The van der Waals surface area contributed by atoms with Gasteiger partial charge in [-0.15, -0.1) is 0 Å². The van der Waals surface area contributed by atoms with E-state index in [2.05, 4.69) is 30.8 Å². The SMILES string of the molecule is CO[Si](C)(CCCOCC1CO1)c1ccccc1. The van der Waals surface area contributed by atoms with E-state index in [1.54, 1.807) is 0 Å². The maximum atomic E-state index is 5.82. The van der Waals surface area contributed by atoms with Gasteiger partial charge in [0.25, 0.3) is 0 Å². The first-order valence-electron chi connectivity index (χ1n) is 6.54. The van der Waals surface area contributed by atoms with Crippen LogP contribution in [-0.2, 0) is 13.9 Å². The summed E-state index contributed by atoms with van der Waals surface area (Å²) in [7, 11) is 0.0592. The molecule has 1 heterocycles. The van der Waals surface area contributed by atoms with Crippen LogP contribution in [0.5, 0.6) is 0 Å². The largest absolute Gasteiger partial charge is 0.416 e. The number of hydrogen-bond donors (Lipinski definition) is 0. The lowest BCUT2D eigenvalue weighted by molar-refractivity contribution is 0.116. The van der Waals surface area contributed by atoms with Gasteiger partial charge < -0.3 is 13.9 Å². The Bertz CT molecular complexity index is 353. The minimum absolute atomic E-state index is 0.366. The molecular weight excluding hydrogens is 244 g/mol. The normalized spacial score (nSPS) is 21.6. The van der Waals surface area contributed by atoms with Crippen LogP contribution in [-0.4, -0.2) is 41.4 Å². The van der Waals surface area contributed by atoms with Crippen LogP contribution in [0.3, 0.4) is 0 Å². The lowest BCUT2D eigenvalue weighted by Gasteiger charge is -2.25. The fraction of sp³-hybridized carbons (Fsp3) is 0.571. The summed E-state index contributed by atoms with van der Waals surface area (Å²) in [6.45, 7) is 4.69. The summed E-state index contributed by atoms with van der Waals surface area (Å²) in [6, 6.07) is 11.7. The lowest BCUT2D eigenvalue weighted by Crippen LogP contribution is -2.46. The van der Waals surface area contributed by atoms with Crippen LogP contribution in [0, 0.1) is 0 Å². The molecule has 0 bridgehead atoms. The van der Waals surface area contributed by atoms with Crippen molar-refractivity contribution >= 4 is 13.5 Å². The smallest absolute Gasteiger partial charge is 0.220 e. The summed E-state index contributed by atoms with van der Waals surface area (Å²) >= 11 is 0. The molecule has 1 aliphatic heterocycles. The predicted molar refractivity (Wildman–Crippen MR) is 74.7 cm³/mol. The number of rotatable bonds is 8. The van der Waals surface area contributed by atoms with Crippen molar-refractivity contribution in [3.63, 3.8) is 0 Å². The molecule has 1 fully saturated rings. The molecule has 0 aromatic heterocycles. The van der Waals surface area contributed by atoms with Gasteiger partial charge in [0.05, 0.1) is 13.2 Å². The molecule has 1 aromatic rings. The van der Waals surface area contributed by atoms with Gasteiger partial charge >= 0.3 is 0 Å². The number of ether oxygens (including phenoxy) is 2. The second kappa shape index (κ2) is 6.47. The highest BCUT2D eigenvalue weighted by Gasteiger charge is 2.29. The summed E-state index contributed by atoms with van der Waals surface area (Å²) in [5.74, 6) is 0. The summed E-state index contributed by atoms with van der Waals surface area (Å²) in [6.07, 6.45) is 1.42. The Kier molecular flexibility index (Phi) is 4.94. The van der Waals surface area contributed by atoms with Gasteiger partial charge in [-0.3, -0.25) is 0 Å². The Hall–Kier alpha value is -0.683. The zero-order chi connectivity index (χ0) is 12.8. The molecule has 1 aliphatic rings. The van der Waals surface area contributed by atoms with Crippen LogP contribution in [0.15, 0.2) is 30.3 Å². The molecule has 0 aliphatic carbocycles. The van der Waals surface area contributed by atoms with Crippen LogP contribution >= 0.6 is 0 Å². The zero-order valence-electron chi connectivity index (χ0n) is 11.2. The van der Waals surface area contributed by atoms with Crippen LogP contribution in [0.2, 0.25) is 12.6 Å². The monoisotopic (exact) mass is 266 g/mol. The third-order valence-corrected chi connectivity index (χ3v) is 7.25. The van der Waals surface area contributed by atoms with Crippen LogP contribution in [0.4, 0.5) is 0 Å². The Morgan fingerprint density at radius 1 is 1.33 bits per heavy atom. The second-order valence-corrected chi connectivity index (χ2v) is 8.88. The van der Waals surface area contributed by atoms with Crippen molar-refractivity contribution in [1.29, 1.82) is 0 Å². The highest BCUT2D eigenvalue weighted by atomic mass is 28.4. The first-order valence-corrected chi connectivity index (χ1v) is 9.16. The first kappa shape index (κ1) is 13.7. The molecule has 2 unspecified atom stereocenters. The summed E-state index contributed by atoms with van der Waals surface area (Å²) in [4.78, 5) is 0. The minimum atomic E-state index is -1.77. The van der Waals surface area contributed by atoms with E-state index in [0.29, 0.717) is 6.10 Å². The van der Waals surface area contributed by atoms with Crippen molar-refractivity contribution in [3.8, 4) is 0 Å². The van der Waals surface area contributed by atoms with Crippen molar-refractivity contribution in [2.24, 2.45) is 0 Å².